The smallest absolute Gasteiger partial charge is 0.0387 e. The number of aryl methyl sites for hydroxylation is 1. The van der Waals surface area contributed by atoms with Crippen molar-refractivity contribution in [2.45, 2.75) is 59.5 Å². The van der Waals surface area contributed by atoms with Crippen LogP contribution >= 0.6 is 0 Å². The molecule has 2 unspecified atom stereocenters. The van der Waals surface area contributed by atoms with Crippen molar-refractivity contribution < 1.29 is 0 Å². The van der Waals surface area contributed by atoms with E-state index in [1.807, 2.05) is 0 Å². The molecule has 0 amide bonds. The third kappa shape index (κ3) is 3.54. The molecule has 2 rings (SSSR count). The maximum Gasteiger partial charge on any atom is 0.0387 e. The molecule has 20 heavy (non-hydrogen) atoms. The molecular formula is C18H30N2. The van der Waals surface area contributed by atoms with Crippen LogP contribution in [0, 0.1) is 5.41 Å². The minimum atomic E-state index is 0.306. The van der Waals surface area contributed by atoms with Crippen LogP contribution in [-0.2, 0) is 6.42 Å². The molecule has 1 N–H and O–H groups in total. The fourth-order valence-corrected chi connectivity index (χ4v) is 2.95. The van der Waals surface area contributed by atoms with E-state index in [2.05, 4.69) is 69.1 Å². The van der Waals surface area contributed by atoms with Gasteiger partial charge < -0.3 is 10.2 Å². The average Bonchev–Trinajstić information content (AvgIpc) is 2.39. The largest absolute Gasteiger partial charge is 0.366 e. The summed E-state index contributed by atoms with van der Waals surface area (Å²) in [5.41, 5.74) is 3.13. The Morgan fingerprint density at radius 2 is 1.85 bits per heavy atom. The Labute approximate surface area is 124 Å². The summed E-state index contributed by atoms with van der Waals surface area (Å²) in [5.74, 6) is 0. The lowest BCUT2D eigenvalue weighted by atomic mass is 9.84. The lowest BCUT2D eigenvalue weighted by Gasteiger charge is -2.45. The molecule has 112 valence electrons. The van der Waals surface area contributed by atoms with Crippen LogP contribution in [0.25, 0.3) is 0 Å². The number of nitrogens with zero attached hydrogens (tertiary/aromatic N) is 1. The summed E-state index contributed by atoms with van der Waals surface area (Å²) in [6.07, 6.45) is 2.40. The van der Waals surface area contributed by atoms with Gasteiger partial charge in [-0.05, 0) is 36.5 Å². The normalized spacial score (nSPS) is 23.9. The highest BCUT2D eigenvalue weighted by atomic mass is 15.2. The van der Waals surface area contributed by atoms with Crippen molar-refractivity contribution in [1.29, 1.82) is 0 Å². The van der Waals surface area contributed by atoms with E-state index in [9.17, 15) is 0 Å². The molecule has 1 aliphatic heterocycles. The molecular weight excluding hydrogens is 244 g/mol. The first-order valence-electron chi connectivity index (χ1n) is 8.00. The molecule has 2 atom stereocenters. The molecule has 1 fully saturated rings. The standard InChI is InChI=1S/C18H30N2/c1-6-7-15-8-10-16(11-9-15)20-13-17(18(3,4)5)19-12-14(20)2/h8-11,14,17,19H,6-7,12-13H2,1-5H3. The molecule has 1 saturated heterocycles. The highest BCUT2D eigenvalue weighted by molar-refractivity contribution is 5.49. The average molecular weight is 274 g/mol. The Bertz CT molecular complexity index is 416. The number of anilines is 1. The Hall–Kier alpha value is -1.02. The van der Waals surface area contributed by atoms with Crippen LogP contribution in [0.15, 0.2) is 24.3 Å². The first-order valence-corrected chi connectivity index (χ1v) is 8.00. The zero-order valence-electron chi connectivity index (χ0n) is 13.7. The van der Waals surface area contributed by atoms with Crippen LogP contribution in [0.3, 0.4) is 0 Å². The van der Waals surface area contributed by atoms with Crippen LogP contribution in [0.4, 0.5) is 5.69 Å². The third-order valence-corrected chi connectivity index (χ3v) is 4.42. The minimum Gasteiger partial charge on any atom is -0.366 e. The maximum atomic E-state index is 3.70. The van der Waals surface area contributed by atoms with Crippen molar-refractivity contribution in [2.75, 3.05) is 18.0 Å². The summed E-state index contributed by atoms with van der Waals surface area (Å²) < 4.78 is 0. The molecule has 2 nitrogen and oxygen atoms in total. The topological polar surface area (TPSA) is 15.3 Å². The summed E-state index contributed by atoms with van der Waals surface area (Å²) in [6, 6.07) is 10.3. The number of rotatable bonds is 3. The van der Waals surface area contributed by atoms with Crippen LogP contribution < -0.4 is 10.2 Å². The first-order chi connectivity index (χ1) is 9.41. The molecule has 1 aromatic carbocycles. The van der Waals surface area contributed by atoms with Gasteiger partial charge in [-0.15, -0.1) is 0 Å². The fourth-order valence-electron chi connectivity index (χ4n) is 2.95. The third-order valence-electron chi connectivity index (χ3n) is 4.42. The predicted molar refractivity (Wildman–Crippen MR) is 88.5 cm³/mol. The predicted octanol–water partition coefficient (Wildman–Crippen LogP) is 3.85. The second-order valence-electron chi connectivity index (χ2n) is 7.24. The van der Waals surface area contributed by atoms with E-state index in [1.54, 1.807) is 0 Å². The number of benzene rings is 1. The van der Waals surface area contributed by atoms with E-state index in [4.69, 9.17) is 0 Å². The van der Waals surface area contributed by atoms with Gasteiger partial charge in [-0.1, -0.05) is 46.2 Å². The lowest BCUT2D eigenvalue weighted by molar-refractivity contribution is 0.239. The van der Waals surface area contributed by atoms with Crippen molar-refractivity contribution in [2.24, 2.45) is 5.41 Å². The molecule has 0 aromatic heterocycles. The molecule has 0 saturated carbocycles. The number of piperazine rings is 1. The highest BCUT2D eigenvalue weighted by Gasteiger charge is 2.32. The number of hydrogen-bond acceptors (Lipinski definition) is 2. The Balaban J connectivity index is 2.12. The van der Waals surface area contributed by atoms with E-state index in [0.717, 1.165) is 13.1 Å². The van der Waals surface area contributed by atoms with Crippen LogP contribution in [-0.4, -0.2) is 25.2 Å². The van der Waals surface area contributed by atoms with E-state index >= 15 is 0 Å². The van der Waals surface area contributed by atoms with Crippen molar-refractivity contribution in [3.63, 3.8) is 0 Å². The molecule has 0 aliphatic carbocycles. The van der Waals surface area contributed by atoms with Gasteiger partial charge in [0.15, 0.2) is 0 Å². The molecule has 1 heterocycles. The second kappa shape index (κ2) is 6.17. The van der Waals surface area contributed by atoms with E-state index in [1.165, 1.54) is 24.1 Å². The zero-order chi connectivity index (χ0) is 14.8. The summed E-state index contributed by atoms with van der Waals surface area (Å²) in [5, 5.41) is 3.70. The van der Waals surface area contributed by atoms with E-state index in [0.29, 0.717) is 17.5 Å². The van der Waals surface area contributed by atoms with E-state index < -0.39 is 0 Å². The fraction of sp³-hybridized carbons (Fsp3) is 0.667. The maximum absolute atomic E-state index is 3.70. The van der Waals surface area contributed by atoms with Gasteiger partial charge >= 0.3 is 0 Å². The van der Waals surface area contributed by atoms with Gasteiger partial charge in [0.25, 0.3) is 0 Å². The van der Waals surface area contributed by atoms with Gasteiger partial charge in [0, 0.05) is 30.9 Å². The van der Waals surface area contributed by atoms with Crippen LogP contribution in [0.5, 0.6) is 0 Å². The van der Waals surface area contributed by atoms with Crippen molar-refractivity contribution in [3.8, 4) is 0 Å². The summed E-state index contributed by atoms with van der Waals surface area (Å²) in [7, 11) is 0. The monoisotopic (exact) mass is 274 g/mol. The van der Waals surface area contributed by atoms with Gasteiger partial charge in [-0.3, -0.25) is 0 Å². The van der Waals surface area contributed by atoms with Crippen molar-refractivity contribution in [3.05, 3.63) is 29.8 Å². The van der Waals surface area contributed by atoms with Gasteiger partial charge in [0.05, 0.1) is 0 Å². The van der Waals surface area contributed by atoms with Crippen LogP contribution in [0.2, 0.25) is 0 Å². The van der Waals surface area contributed by atoms with Gasteiger partial charge in [-0.25, -0.2) is 0 Å². The Morgan fingerprint density at radius 3 is 2.40 bits per heavy atom. The summed E-state index contributed by atoms with van der Waals surface area (Å²) in [6.45, 7) is 13.7. The minimum absolute atomic E-state index is 0.306. The summed E-state index contributed by atoms with van der Waals surface area (Å²) >= 11 is 0. The van der Waals surface area contributed by atoms with Crippen LogP contribution in [0.1, 0.15) is 46.6 Å². The highest BCUT2D eigenvalue weighted by Crippen LogP contribution is 2.27. The molecule has 2 heteroatoms. The lowest BCUT2D eigenvalue weighted by Crippen LogP contribution is -2.59. The molecule has 1 aliphatic rings. The van der Waals surface area contributed by atoms with Crippen molar-refractivity contribution in [1.82, 2.24) is 5.32 Å². The van der Waals surface area contributed by atoms with Crippen molar-refractivity contribution >= 4 is 5.69 Å². The second-order valence-corrected chi connectivity index (χ2v) is 7.24. The summed E-state index contributed by atoms with van der Waals surface area (Å²) in [4.78, 5) is 2.56. The Morgan fingerprint density at radius 1 is 1.20 bits per heavy atom. The molecule has 0 spiro atoms. The van der Waals surface area contributed by atoms with Gasteiger partial charge in [0.1, 0.15) is 0 Å². The Kier molecular flexibility index (Phi) is 4.74. The molecule has 1 aromatic rings. The van der Waals surface area contributed by atoms with Gasteiger partial charge in [-0.2, -0.15) is 0 Å². The molecule has 0 radical (unpaired) electrons. The SMILES string of the molecule is CCCc1ccc(N2CC(C(C)(C)C)NCC2C)cc1. The quantitative estimate of drug-likeness (QED) is 0.900. The first kappa shape index (κ1) is 15.4. The van der Waals surface area contributed by atoms with E-state index in [-0.39, 0.29) is 0 Å². The zero-order valence-corrected chi connectivity index (χ0v) is 13.7. The molecule has 0 bridgehead atoms. The van der Waals surface area contributed by atoms with Gasteiger partial charge in [0.2, 0.25) is 0 Å². The number of hydrogen-bond donors (Lipinski definition) is 1. The number of nitrogens with one attached hydrogen (secondary N) is 1.